The van der Waals surface area contributed by atoms with Crippen molar-refractivity contribution in [1.29, 1.82) is 5.26 Å². The molecule has 1 heterocycles. The quantitative estimate of drug-likeness (QED) is 0.175. The summed E-state index contributed by atoms with van der Waals surface area (Å²) >= 11 is 0.980. The largest absolute Gasteiger partial charge is 0.489 e. The van der Waals surface area contributed by atoms with Crippen LogP contribution in [0.5, 0.6) is 5.75 Å². The van der Waals surface area contributed by atoms with Crippen LogP contribution >= 0.6 is 11.3 Å². The molecule has 206 valence electrons. The first-order valence-corrected chi connectivity index (χ1v) is 13.2. The number of benzene rings is 2. The monoisotopic (exact) mass is 561 g/mol. The van der Waals surface area contributed by atoms with Gasteiger partial charge in [0.05, 0.1) is 29.9 Å². The van der Waals surface area contributed by atoms with Crippen LogP contribution in [0.2, 0.25) is 0 Å². The van der Waals surface area contributed by atoms with Gasteiger partial charge >= 0.3 is 17.9 Å². The predicted octanol–water partition coefficient (Wildman–Crippen LogP) is 5.41. The lowest BCUT2D eigenvalue weighted by atomic mass is 10.0. The van der Waals surface area contributed by atoms with E-state index in [0.29, 0.717) is 21.8 Å². The smallest absolute Gasteiger partial charge is 0.348 e. The van der Waals surface area contributed by atoms with Crippen molar-refractivity contribution >= 4 is 41.1 Å². The van der Waals surface area contributed by atoms with Crippen LogP contribution < -0.4 is 4.74 Å². The van der Waals surface area contributed by atoms with E-state index < -0.39 is 23.7 Å². The molecule has 10 heteroatoms. The minimum atomic E-state index is -1.00. The maximum absolute atomic E-state index is 13.1. The molecule has 0 aliphatic rings. The molecular formula is C30H27NO8S. The number of ether oxygens (including phenoxy) is 3. The highest BCUT2D eigenvalue weighted by Crippen LogP contribution is 2.31. The number of carboxylic acid groups (broad SMARTS) is 1. The average molecular weight is 562 g/mol. The van der Waals surface area contributed by atoms with E-state index in [4.69, 9.17) is 19.3 Å². The van der Waals surface area contributed by atoms with Crippen molar-refractivity contribution < 1.29 is 38.5 Å². The normalized spacial score (nSPS) is 10.9. The highest BCUT2D eigenvalue weighted by molar-refractivity contribution is 7.14. The first kappa shape index (κ1) is 29.8. The molecule has 0 amide bonds. The van der Waals surface area contributed by atoms with Gasteiger partial charge < -0.3 is 19.3 Å². The van der Waals surface area contributed by atoms with Gasteiger partial charge in [0.2, 0.25) is 0 Å². The summed E-state index contributed by atoms with van der Waals surface area (Å²) < 4.78 is 15.9. The number of hydrogen-bond donors (Lipinski definition) is 1. The number of thiophene rings is 1. The average Bonchev–Trinajstić information content (AvgIpc) is 3.27. The third kappa shape index (κ3) is 7.42. The molecule has 0 spiro atoms. The summed E-state index contributed by atoms with van der Waals surface area (Å²) in [5.41, 5.74) is 1.96. The molecule has 0 bridgehead atoms. The molecule has 0 aliphatic heterocycles. The van der Waals surface area contributed by atoms with E-state index in [9.17, 15) is 24.4 Å². The Kier molecular flexibility index (Phi) is 10.3. The van der Waals surface area contributed by atoms with Gasteiger partial charge in [0, 0.05) is 11.3 Å². The molecule has 3 aromatic rings. The van der Waals surface area contributed by atoms with E-state index in [1.165, 1.54) is 18.2 Å². The van der Waals surface area contributed by atoms with Crippen molar-refractivity contribution in [2.75, 3.05) is 13.2 Å². The van der Waals surface area contributed by atoms with Crippen molar-refractivity contribution in [2.45, 2.75) is 33.8 Å². The summed E-state index contributed by atoms with van der Waals surface area (Å²) in [5.74, 6) is -2.22. The number of ketones is 1. The van der Waals surface area contributed by atoms with E-state index in [2.05, 4.69) is 0 Å². The zero-order chi connectivity index (χ0) is 29.2. The maximum Gasteiger partial charge on any atom is 0.348 e. The van der Waals surface area contributed by atoms with Gasteiger partial charge in [-0.15, -0.1) is 11.3 Å². The molecule has 0 radical (unpaired) electrons. The van der Waals surface area contributed by atoms with Crippen molar-refractivity contribution in [2.24, 2.45) is 0 Å². The lowest BCUT2D eigenvalue weighted by Gasteiger charge is -2.07. The Balaban J connectivity index is 1.75. The molecule has 1 aromatic heterocycles. The van der Waals surface area contributed by atoms with Crippen LogP contribution in [0.15, 0.2) is 54.1 Å². The van der Waals surface area contributed by atoms with Crippen molar-refractivity contribution in [3.05, 3.63) is 91.7 Å². The molecule has 0 saturated heterocycles. The molecule has 0 unspecified atom stereocenters. The summed E-state index contributed by atoms with van der Waals surface area (Å²) in [6, 6.07) is 15.0. The zero-order valence-corrected chi connectivity index (χ0v) is 23.0. The minimum absolute atomic E-state index is 0.120. The molecule has 40 heavy (non-hydrogen) atoms. The summed E-state index contributed by atoms with van der Waals surface area (Å²) in [7, 11) is 0. The number of allylic oxidation sites excluding steroid dienone is 1. The van der Waals surface area contributed by atoms with E-state index in [1.807, 2.05) is 6.07 Å². The Morgan fingerprint density at radius 1 is 0.950 bits per heavy atom. The topological polar surface area (TPSA) is 140 Å². The van der Waals surface area contributed by atoms with Gasteiger partial charge in [0.15, 0.2) is 5.78 Å². The van der Waals surface area contributed by atoms with Gasteiger partial charge in [-0.1, -0.05) is 24.3 Å². The SMILES string of the molecule is CCOC(=O)c1sc(CC(=O)/C(C#N)=C/c2ccc(OCc3ccc(C(=O)O)cc3)cc2)c(C(=O)OCC)c1C. The standard InChI is InChI=1S/C30H27NO8S/c1-4-37-29(35)26-18(3)27(30(36)38-5-2)40-25(26)15-24(32)22(16-31)14-19-8-12-23(13-9-19)39-17-20-6-10-21(11-7-20)28(33)34/h6-14H,4-5,15,17H2,1-3H3,(H,33,34)/b22-14+. The van der Waals surface area contributed by atoms with E-state index in [-0.39, 0.29) is 47.8 Å². The van der Waals surface area contributed by atoms with Crippen LogP contribution in [-0.4, -0.2) is 42.0 Å². The van der Waals surface area contributed by atoms with Gasteiger partial charge in [-0.05, 0) is 67.8 Å². The number of carboxylic acids is 1. The van der Waals surface area contributed by atoms with Crippen LogP contribution in [-0.2, 0) is 27.3 Å². The fraction of sp³-hybridized carbons (Fsp3) is 0.233. The lowest BCUT2D eigenvalue weighted by molar-refractivity contribution is -0.114. The number of nitrogens with zero attached hydrogens (tertiary/aromatic N) is 1. The van der Waals surface area contributed by atoms with E-state index in [0.717, 1.165) is 16.9 Å². The van der Waals surface area contributed by atoms with Gasteiger partial charge in [-0.3, -0.25) is 4.79 Å². The molecule has 2 aromatic carbocycles. The first-order chi connectivity index (χ1) is 19.2. The third-order valence-corrected chi connectivity index (χ3v) is 6.97. The van der Waals surface area contributed by atoms with Crippen LogP contribution in [0.1, 0.15) is 65.8 Å². The van der Waals surface area contributed by atoms with Crippen LogP contribution in [0, 0.1) is 18.3 Å². The zero-order valence-electron chi connectivity index (χ0n) is 22.2. The molecule has 3 rings (SSSR count). The molecule has 0 saturated carbocycles. The number of hydrogen-bond acceptors (Lipinski definition) is 9. The summed E-state index contributed by atoms with van der Waals surface area (Å²) in [6.45, 7) is 5.43. The molecule has 0 fully saturated rings. The van der Waals surface area contributed by atoms with E-state index in [1.54, 1.807) is 57.2 Å². The van der Waals surface area contributed by atoms with E-state index >= 15 is 0 Å². The Hall–Kier alpha value is -4.75. The van der Waals surface area contributed by atoms with Crippen molar-refractivity contribution in [3.63, 3.8) is 0 Å². The predicted molar refractivity (Wildman–Crippen MR) is 147 cm³/mol. The fourth-order valence-corrected chi connectivity index (χ4v) is 4.90. The van der Waals surface area contributed by atoms with Crippen molar-refractivity contribution in [3.8, 4) is 11.8 Å². The third-order valence-electron chi connectivity index (χ3n) is 5.70. The Morgan fingerprint density at radius 2 is 1.57 bits per heavy atom. The number of rotatable bonds is 12. The Bertz CT molecular complexity index is 1480. The van der Waals surface area contributed by atoms with Crippen LogP contribution in [0.3, 0.4) is 0 Å². The number of esters is 2. The van der Waals surface area contributed by atoms with Gasteiger partial charge in [0.1, 0.15) is 23.3 Å². The second kappa shape index (κ2) is 13.9. The minimum Gasteiger partial charge on any atom is -0.489 e. The number of nitriles is 1. The molecule has 9 nitrogen and oxygen atoms in total. The second-order valence-electron chi connectivity index (χ2n) is 8.42. The molecular weight excluding hydrogens is 534 g/mol. The molecule has 0 atom stereocenters. The maximum atomic E-state index is 13.1. The Labute approximate surface area is 235 Å². The Morgan fingerprint density at radius 3 is 2.15 bits per heavy atom. The summed E-state index contributed by atoms with van der Waals surface area (Å²) in [5, 5.41) is 18.7. The highest BCUT2D eigenvalue weighted by Gasteiger charge is 2.28. The second-order valence-corrected chi connectivity index (χ2v) is 9.53. The highest BCUT2D eigenvalue weighted by atomic mass is 32.1. The number of carbonyl (C=O) groups excluding carboxylic acids is 3. The number of Topliss-reactive ketones (excluding diaryl/α,β-unsaturated/α-hetero) is 1. The summed E-state index contributed by atoms with van der Waals surface area (Å²) in [6.07, 6.45) is 1.17. The van der Waals surface area contributed by atoms with Crippen LogP contribution in [0.4, 0.5) is 0 Å². The number of aromatic carboxylic acids is 1. The fourth-order valence-electron chi connectivity index (χ4n) is 3.71. The molecule has 0 aliphatic carbocycles. The lowest BCUT2D eigenvalue weighted by Crippen LogP contribution is -2.12. The van der Waals surface area contributed by atoms with Crippen LogP contribution in [0.25, 0.3) is 6.08 Å². The number of carbonyl (C=O) groups is 4. The van der Waals surface area contributed by atoms with Gasteiger partial charge in [-0.2, -0.15) is 5.26 Å². The van der Waals surface area contributed by atoms with Gasteiger partial charge in [-0.25, -0.2) is 14.4 Å². The summed E-state index contributed by atoms with van der Waals surface area (Å²) in [4.78, 5) is 49.6. The van der Waals surface area contributed by atoms with Gasteiger partial charge in [0.25, 0.3) is 0 Å². The first-order valence-electron chi connectivity index (χ1n) is 12.3. The molecule has 1 N–H and O–H groups in total. The van der Waals surface area contributed by atoms with Crippen molar-refractivity contribution in [1.82, 2.24) is 0 Å².